The number of halogens is 3. The van der Waals surface area contributed by atoms with Crippen LogP contribution < -0.4 is 5.32 Å². The van der Waals surface area contributed by atoms with Crippen LogP contribution in [0.25, 0.3) is 0 Å². The first kappa shape index (κ1) is 20.6. The minimum absolute atomic E-state index is 0.0440. The molecule has 0 spiro atoms. The van der Waals surface area contributed by atoms with Crippen molar-refractivity contribution in [2.24, 2.45) is 0 Å². The van der Waals surface area contributed by atoms with Crippen LogP contribution >= 0.6 is 0 Å². The van der Waals surface area contributed by atoms with Crippen LogP contribution in [0.3, 0.4) is 0 Å². The van der Waals surface area contributed by atoms with Gasteiger partial charge in [-0.25, -0.2) is 0 Å². The third kappa shape index (κ3) is 5.90. The number of anilines is 1. The van der Waals surface area contributed by atoms with Gasteiger partial charge in [-0.15, -0.1) is 0 Å². The maximum atomic E-state index is 12.2. The molecule has 6 nitrogen and oxygen atoms in total. The largest absolute Gasteiger partial charge is 0.389 e. The third-order valence-electron chi connectivity index (χ3n) is 3.28. The minimum Gasteiger partial charge on any atom is -0.384 e. The van der Waals surface area contributed by atoms with Crippen LogP contribution in [0.15, 0.2) is 10.6 Å². The summed E-state index contributed by atoms with van der Waals surface area (Å²) in [5.74, 6) is -0.964. The van der Waals surface area contributed by atoms with E-state index in [0.717, 1.165) is 0 Å². The van der Waals surface area contributed by atoms with Gasteiger partial charge in [0, 0.05) is 29.0 Å². The van der Waals surface area contributed by atoms with E-state index in [4.69, 9.17) is 4.52 Å². The van der Waals surface area contributed by atoms with Crippen LogP contribution in [0.2, 0.25) is 0 Å². The van der Waals surface area contributed by atoms with Gasteiger partial charge in [-0.1, -0.05) is 5.16 Å². The quantitative estimate of drug-likeness (QED) is 0.770. The fraction of sp³-hybridized carbons (Fsp3) is 0.714. The maximum absolute atomic E-state index is 12.2. The highest BCUT2D eigenvalue weighted by Crippen LogP contribution is 2.25. The van der Waals surface area contributed by atoms with Crippen LogP contribution in [0.1, 0.15) is 46.2 Å². The van der Waals surface area contributed by atoms with Crippen LogP contribution in [0.4, 0.5) is 19.1 Å². The molecule has 1 rings (SSSR count). The van der Waals surface area contributed by atoms with Crippen LogP contribution in [0.5, 0.6) is 0 Å². The van der Waals surface area contributed by atoms with Gasteiger partial charge in [0.1, 0.15) is 16.0 Å². The summed E-state index contributed by atoms with van der Waals surface area (Å²) in [7, 11) is -1.80. The van der Waals surface area contributed by atoms with Crippen molar-refractivity contribution in [1.29, 1.82) is 0 Å². The molecule has 0 fully saturated rings. The number of aliphatic hydroxyl groups is 1. The number of hydrogen-bond acceptors (Lipinski definition) is 5. The Morgan fingerprint density at radius 3 is 2.38 bits per heavy atom. The van der Waals surface area contributed by atoms with Gasteiger partial charge in [-0.2, -0.15) is 13.2 Å². The molecule has 10 heteroatoms. The lowest BCUT2D eigenvalue weighted by Gasteiger charge is -2.22. The first-order valence-electron chi connectivity index (χ1n) is 7.20. The van der Waals surface area contributed by atoms with E-state index in [9.17, 15) is 27.3 Å². The molecule has 0 aliphatic rings. The molecule has 138 valence electrons. The van der Waals surface area contributed by atoms with Crippen LogP contribution in [0, 0.1) is 0 Å². The van der Waals surface area contributed by atoms with Crippen molar-refractivity contribution < 1.29 is 31.8 Å². The number of hydrogen-bond donors (Lipinski definition) is 2. The van der Waals surface area contributed by atoms with E-state index in [1.165, 1.54) is 33.8 Å². The molecule has 0 bridgehead atoms. The molecule has 1 heterocycles. The number of nitrogens with zero attached hydrogens (tertiary/aromatic N) is 1. The molecule has 2 N–H and O–H groups in total. The van der Waals surface area contributed by atoms with E-state index >= 15 is 0 Å². The van der Waals surface area contributed by atoms with Gasteiger partial charge in [-0.3, -0.25) is 14.3 Å². The third-order valence-corrected chi connectivity index (χ3v) is 5.26. The van der Waals surface area contributed by atoms with Gasteiger partial charge in [0.15, 0.2) is 0 Å². The second-order valence-electron chi connectivity index (χ2n) is 6.37. The van der Waals surface area contributed by atoms with Gasteiger partial charge in [0.25, 0.3) is 0 Å². The molecule has 1 aromatic rings. The number of aromatic nitrogens is 1. The van der Waals surface area contributed by atoms with E-state index in [2.05, 4.69) is 10.5 Å². The second kappa shape index (κ2) is 7.22. The molecule has 24 heavy (non-hydrogen) atoms. The standard InChI is InChI=1S/C14H21F3N2O4S/c1-12(2,21)9-8-10(23-19-9)18-11(20)13(3,4)24(22)7-5-6-14(15,16)17/h8,21H,5-7H2,1-4H3,(H,18,20). The SMILES string of the molecule is CC(C)(O)c1cc(NC(=O)C(C)(C)S(=O)CCCC(F)(F)F)on1. The highest BCUT2D eigenvalue weighted by Gasteiger charge is 2.36. The van der Waals surface area contributed by atoms with Crippen molar-refractivity contribution in [3.05, 3.63) is 11.8 Å². The number of rotatable bonds is 7. The Hall–Kier alpha value is -1.42. The molecule has 1 unspecified atom stereocenters. The maximum Gasteiger partial charge on any atom is 0.389 e. The summed E-state index contributed by atoms with van der Waals surface area (Å²) < 4.78 is 52.0. The Bertz CT molecular complexity index is 606. The topological polar surface area (TPSA) is 92.4 Å². The molecule has 0 saturated carbocycles. The zero-order chi connectivity index (χ0) is 18.8. The van der Waals surface area contributed by atoms with Crippen molar-refractivity contribution >= 4 is 22.6 Å². The first-order chi connectivity index (χ1) is 10.7. The molecular formula is C14H21F3N2O4S. The van der Waals surface area contributed by atoms with Crippen molar-refractivity contribution in [3.8, 4) is 0 Å². The van der Waals surface area contributed by atoms with Crippen molar-refractivity contribution in [3.63, 3.8) is 0 Å². The first-order valence-corrected chi connectivity index (χ1v) is 8.51. The fourth-order valence-electron chi connectivity index (χ4n) is 1.65. The lowest BCUT2D eigenvalue weighted by atomic mass is 10.1. The molecule has 0 aromatic carbocycles. The molecule has 1 atom stereocenters. The second-order valence-corrected chi connectivity index (χ2v) is 8.49. The summed E-state index contributed by atoms with van der Waals surface area (Å²) in [5.41, 5.74) is -1.07. The minimum atomic E-state index is -4.32. The summed E-state index contributed by atoms with van der Waals surface area (Å²) in [6.45, 7) is 5.71. The van der Waals surface area contributed by atoms with Gasteiger partial charge in [0.2, 0.25) is 11.8 Å². The highest BCUT2D eigenvalue weighted by molar-refractivity contribution is 7.87. The molecule has 0 aliphatic heterocycles. The van der Waals surface area contributed by atoms with Gasteiger partial charge in [0.05, 0.1) is 0 Å². The molecular weight excluding hydrogens is 349 g/mol. The van der Waals surface area contributed by atoms with Gasteiger partial charge >= 0.3 is 6.18 Å². The molecule has 1 amide bonds. The molecule has 0 saturated heterocycles. The monoisotopic (exact) mass is 370 g/mol. The molecule has 0 aliphatic carbocycles. The summed E-state index contributed by atoms with van der Waals surface area (Å²) >= 11 is 0. The average Bonchev–Trinajstić information content (AvgIpc) is 2.85. The Balaban J connectivity index is 2.67. The predicted molar refractivity (Wildman–Crippen MR) is 82.8 cm³/mol. The molecule has 1 aromatic heterocycles. The smallest absolute Gasteiger partial charge is 0.384 e. The van der Waals surface area contributed by atoms with Crippen LogP contribution in [-0.4, -0.2) is 37.1 Å². The van der Waals surface area contributed by atoms with E-state index in [1.807, 2.05) is 0 Å². The van der Waals surface area contributed by atoms with E-state index in [1.54, 1.807) is 0 Å². The van der Waals surface area contributed by atoms with Gasteiger partial charge < -0.3 is 9.63 Å². The lowest BCUT2D eigenvalue weighted by molar-refractivity contribution is -0.134. The van der Waals surface area contributed by atoms with Crippen molar-refractivity contribution in [2.75, 3.05) is 11.1 Å². The normalized spacial score (nSPS) is 14.5. The summed E-state index contributed by atoms with van der Waals surface area (Å²) in [4.78, 5) is 12.2. The number of carbonyl (C=O) groups excluding carboxylic acids is 1. The molecule has 0 radical (unpaired) electrons. The Kier molecular flexibility index (Phi) is 6.20. The van der Waals surface area contributed by atoms with E-state index < -0.39 is 39.7 Å². The van der Waals surface area contributed by atoms with E-state index in [-0.39, 0.29) is 23.8 Å². The number of carbonyl (C=O) groups is 1. The fourth-order valence-corrected chi connectivity index (χ4v) is 2.82. The Morgan fingerprint density at radius 2 is 1.92 bits per heavy atom. The summed E-state index contributed by atoms with van der Waals surface area (Å²) in [6.07, 6.45) is -5.69. The summed E-state index contributed by atoms with van der Waals surface area (Å²) in [5, 5.41) is 15.7. The van der Waals surface area contributed by atoms with Crippen molar-refractivity contribution in [1.82, 2.24) is 5.16 Å². The number of alkyl halides is 3. The van der Waals surface area contributed by atoms with Crippen molar-refractivity contribution in [2.45, 2.75) is 57.1 Å². The zero-order valence-corrected chi connectivity index (χ0v) is 14.7. The Morgan fingerprint density at radius 1 is 1.33 bits per heavy atom. The Labute approximate surface area is 140 Å². The average molecular weight is 370 g/mol. The zero-order valence-electron chi connectivity index (χ0n) is 13.9. The number of amides is 1. The highest BCUT2D eigenvalue weighted by atomic mass is 32.2. The van der Waals surface area contributed by atoms with Gasteiger partial charge in [-0.05, 0) is 34.1 Å². The van der Waals surface area contributed by atoms with E-state index in [0.29, 0.717) is 0 Å². The lowest BCUT2D eigenvalue weighted by Crippen LogP contribution is -2.42. The predicted octanol–water partition coefficient (Wildman–Crippen LogP) is 2.71. The number of nitrogens with one attached hydrogen (secondary N) is 1. The van der Waals surface area contributed by atoms with Crippen LogP contribution in [-0.2, 0) is 21.2 Å². The summed E-state index contributed by atoms with van der Waals surface area (Å²) in [6, 6.07) is 1.32.